The number of rotatable bonds is 19. The lowest BCUT2D eigenvalue weighted by Gasteiger charge is -2.37. The molecule has 6 atom stereocenters. The van der Waals surface area contributed by atoms with Gasteiger partial charge in [-0.15, -0.1) is 4.52 Å². The van der Waals surface area contributed by atoms with E-state index in [0.29, 0.717) is 46.6 Å². The number of imidazole rings is 1. The molecule has 4 aromatic carbocycles. The van der Waals surface area contributed by atoms with Crippen molar-refractivity contribution in [3.8, 4) is 11.5 Å². The van der Waals surface area contributed by atoms with E-state index < -0.39 is 55.8 Å². The molecule has 2 aliphatic heterocycles. The van der Waals surface area contributed by atoms with Crippen LogP contribution >= 0.6 is 8.03 Å². The Balaban J connectivity index is 0.957. The van der Waals surface area contributed by atoms with Crippen LogP contribution in [0.1, 0.15) is 64.3 Å². The summed E-state index contributed by atoms with van der Waals surface area (Å²) in [6.07, 6.45) is 1.62. The molecule has 19 nitrogen and oxygen atoms in total. The molecule has 2 N–H and O–H groups in total. The molecule has 0 spiro atoms. The van der Waals surface area contributed by atoms with Crippen molar-refractivity contribution in [3.05, 3.63) is 177 Å². The third-order valence-electron chi connectivity index (χ3n) is 12.0. The molecule has 1 amide bonds. The Morgan fingerprint density at radius 2 is 1.48 bits per heavy atom. The van der Waals surface area contributed by atoms with Crippen LogP contribution in [-0.2, 0) is 38.4 Å². The van der Waals surface area contributed by atoms with E-state index in [-0.39, 0.29) is 37.9 Å². The van der Waals surface area contributed by atoms with E-state index in [1.54, 1.807) is 56.3 Å². The van der Waals surface area contributed by atoms with Crippen LogP contribution in [0.5, 0.6) is 11.5 Å². The van der Waals surface area contributed by atoms with Gasteiger partial charge in [0.1, 0.15) is 42.0 Å². The lowest BCUT2D eigenvalue weighted by Crippen LogP contribution is -2.38. The van der Waals surface area contributed by atoms with Crippen LogP contribution in [0.4, 0.5) is 5.82 Å². The number of nitrogens with zero attached hydrogens (tertiary/aromatic N) is 5. The summed E-state index contributed by atoms with van der Waals surface area (Å²) in [5.41, 5.74) is 1.79. The number of aromatic amines is 1. The molecule has 20 heteroatoms. The molecule has 2 saturated heterocycles. The predicted octanol–water partition coefficient (Wildman–Crippen LogP) is 6.96. The molecule has 356 valence electrons. The number of hydrogen-bond donors (Lipinski definition) is 2. The molecule has 0 saturated carbocycles. The Hall–Kier alpha value is -6.96. The fourth-order valence-electron chi connectivity index (χ4n) is 8.48. The first-order valence-electron chi connectivity index (χ1n) is 22.1. The lowest BCUT2D eigenvalue weighted by molar-refractivity contribution is -0.142. The van der Waals surface area contributed by atoms with Crippen LogP contribution in [0.25, 0.3) is 11.2 Å². The zero-order chi connectivity index (χ0) is 47.9. The molecule has 0 aliphatic carbocycles. The van der Waals surface area contributed by atoms with E-state index in [1.807, 2.05) is 84.9 Å². The van der Waals surface area contributed by atoms with Crippen LogP contribution in [-0.4, -0.2) is 87.4 Å². The van der Waals surface area contributed by atoms with Crippen molar-refractivity contribution < 1.29 is 47.0 Å². The van der Waals surface area contributed by atoms with Crippen molar-refractivity contribution >= 4 is 30.9 Å². The molecule has 2 fully saturated rings. The number of aryl methyl sites for hydroxylation is 1. The highest BCUT2D eigenvalue weighted by molar-refractivity contribution is 7.38. The van der Waals surface area contributed by atoms with Crippen LogP contribution < -0.4 is 26.0 Å². The van der Waals surface area contributed by atoms with Crippen molar-refractivity contribution in [2.45, 2.75) is 62.7 Å². The topological polar surface area (TPSA) is 218 Å². The van der Waals surface area contributed by atoms with Crippen molar-refractivity contribution in [2.75, 3.05) is 39.3 Å². The summed E-state index contributed by atoms with van der Waals surface area (Å²) >= 11 is 0. The Kier molecular flexibility index (Phi) is 14.4. The SMILES string of the molecule is COc1ccc(C(OC[C@H]2O[C@@H](n3cnc4c(NC(=O)c5ccccc5)ncnc43)C[C@H]2OCO[P+](=O)CO[C@@H]2CC[C@H](n3cc(C)c(=O)[nH]c3=O)O2)(c2ccccc2)c2ccc(OC)cc2)cc1. The summed E-state index contributed by atoms with van der Waals surface area (Å²) in [5, 5.41) is 2.85. The summed E-state index contributed by atoms with van der Waals surface area (Å²) in [7, 11) is 0.828. The third-order valence-corrected chi connectivity index (χ3v) is 12.8. The maximum absolute atomic E-state index is 13.2. The smallest absolute Gasteiger partial charge is 0.497 e. The number of amides is 1. The number of H-pyrrole nitrogens is 1. The van der Waals surface area contributed by atoms with Crippen molar-refractivity contribution in [3.63, 3.8) is 0 Å². The van der Waals surface area contributed by atoms with E-state index in [4.69, 9.17) is 37.7 Å². The number of hydrogen-bond acceptors (Lipinski definition) is 15. The Morgan fingerprint density at radius 1 is 0.812 bits per heavy atom. The summed E-state index contributed by atoms with van der Waals surface area (Å²) < 4.78 is 65.0. The normalized spacial score (nSPS) is 19.4. The van der Waals surface area contributed by atoms with Gasteiger partial charge in [-0.05, 0) is 71.0 Å². The molecule has 9 rings (SSSR count). The van der Waals surface area contributed by atoms with Crippen molar-refractivity contribution in [1.29, 1.82) is 0 Å². The summed E-state index contributed by atoms with van der Waals surface area (Å²) in [5.74, 6) is 1.21. The highest BCUT2D eigenvalue weighted by atomic mass is 31.1. The summed E-state index contributed by atoms with van der Waals surface area (Å²) in [6.45, 7) is 1.19. The second-order valence-corrected chi connectivity index (χ2v) is 17.4. The molecule has 3 aromatic heterocycles. The van der Waals surface area contributed by atoms with Crippen LogP contribution in [0.3, 0.4) is 0 Å². The van der Waals surface area contributed by atoms with Crippen LogP contribution in [0.2, 0.25) is 0 Å². The zero-order valence-corrected chi connectivity index (χ0v) is 38.7. The first-order valence-corrected chi connectivity index (χ1v) is 23.5. The highest BCUT2D eigenvalue weighted by Crippen LogP contribution is 2.43. The molecule has 0 bridgehead atoms. The number of aromatic nitrogens is 6. The van der Waals surface area contributed by atoms with E-state index in [0.717, 1.165) is 16.7 Å². The van der Waals surface area contributed by atoms with Gasteiger partial charge in [0.2, 0.25) is 6.79 Å². The van der Waals surface area contributed by atoms with E-state index in [2.05, 4.69) is 25.3 Å². The number of ether oxygens (including phenoxy) is 7. The average Bonchev–Trinajstić information content (AvgIpc) is 4.15. The number of methoxy groups -OCH3 is 2. The quantitative estimate of drug-likeness (QED) is 0.0476. The zero-order valence-electron chi connectivity index (χ0n) is 37.8. The van der Waals surface area contributed by atoms with Gasteiger partial charge in [-0.1, -0.05) is 72.8 Å². The molecule has 5 heterocycles. The maximum Gasteiger partial charge on any atom is 0.539 e. The van der Waals surface area contributed by atoms with Gasteiger partial charge in [0.05, 0.1) is 33.3 Å². The minimum absolute atomic E-state index is 0.0124. The minimum Gasteiger partial charge on any atom is -0.497 e. The first kappa shape index (κ1) is 47.1. The monoisotopic (exact) mass is 958 g/mol. The standard InChI is InChI=1S/C49H48N7O12P/c1-31-25-55(48(59)54-46(31)57)40-22-23-42(68-40)64-30-69(60)66-29-63-38-24-41(56-28-52-43-44(50-27-51-45(43)56)53-47(58)32-10-6-4-7-11-32)67-39(38)26-65-49(33-12-8-5-9-13-33,34-14-18-36(61-2)19-15-34)35-16-20-37(62-3)21-17-35/h4-21,25,27-28,38-42H,22-24,26,29-30H2,1-3H3,(H-,50,51,53,54,57,58,59)/p+1/t38-,39-,40-,41-,42+/m1/s1. The number of benzene rings is 4. The molecule has 69 heavy (non-hydrogen) atoms. The highest BCUT2D eigenvalue weighted by Gasteiger charge is 2.44. The third kappa shape index (κ3) is 10.3. The second kappa shape index (κ2) is 21.1. The molecular formula is C49H49N7O12P+. The fraction of sp³-hybridized carbons (Fsp3) is 0.306. The van der Waals surface area contributed by atoms with E-state index in [1.165, 1.54) is 17.1 Å². The van der Waals surface area contributed by atoms with Crippen molar-refractivity contribution in [2.24, 2.45) is 0 Å². The van der Waals surface area contributed by atoms with Crippen LogP contribution in [0.15, 0.2) is 138 Å². The number of anilines is 1. The van der Waals surface area contributed by atoms with Gasteiger partial charge in [0.15, 0.2) is 23.3 Å². The van der Waals surface area contributed by atoms with E-state index in [9.17, 15) is 18.9 Å². The van der Waals surface area contributed by atoms with Gasteiger partial charge >= 0.3 is 13.7 Å². The summed E-state index contributed by atoms with van der Waals surface area (Å²) in [6, 6.07) is 34.0. The minimum atomic E-state index is -2.39. The van der Waals surface area contributed by atoms with Gasteiger partial charge < -0.3 is 38.5 Å². The first-order chi connectivity index (χ1) is 33.6. The maximum atomic E-state index is 13.2. The molecule has 0 radical (unpaired) electrons. The molecule has 1 unspecified atom stereocenters. The van der Waals surface area contributed by atoms with E-state index >= 15 is 0 Å². The van der Waals surface area contributed by atoms with Gasteiger partial charge in [0, 0.05) is 30.2 Å². The Morgan fingerprint density at radius 3 is 2.16 bits per heavy atom. The predicted molar refractivity (Wildman–Crippen MR) is 250 cm³/mol. The van der Waals surface area contributed by atoms with Gasteiger partial charge in [-0.25, -0.2) is 19.7 Å². The van der Waals surface area contributed by atoms with Gasteiger partial charge in [0.25, 0.3) is 17.8 Å². The molecule has 2 aliphatic rings. The Labute approximate surface area is 396 Å². The summed E-state index contributed by atoms with van der Waals surface area (Å²) in [4.78, 5) is 53.2. The largest absolute Gasteiger partial charge is 0.539 e. The Bertz CT molecular complexity index is 2960. The second-order valence-electron chi connectivity index (χ2n) is 16.2. The average molecular weight is 959 g/mol. The van der Waals surface area contributed by atoms with Gasteiger partial charge in [-0.3, -0.25) is 23.7 Å². The van der Waals surface area contributed by atoms with Crippen LogP contribution in [0, 0.1) is 6.92 Å². The lowest BCUT2D eigenvalue weighted by atomic mass is 9.80. The number of carbonyl (C=O) groups excluding carboxylic acids is 1. The number of carbonyl (C=O) groups is 1. The number of fused-ring (bicyclic) bond motifs is 1. The fourth-order valence-corrected chi connectivity index (χ4v) is 9.02. The number of nitrogens with one attached hydrogen (secondary N) is 2. The molecule has 7 aromatic rings. The van der Waals surface area contributed by atoms with Crippen molar-refractivity contribution in [1.82, 2.24) is 29.1 Å². The molecular weight excluding hydrogens is 910 g/mol. The van der Waals surface area contributed by atoms with Gasteiger partial charge in [-0.2, -0.15) is 0 Å².